The van der Waals surface area contributed by atoms with Crippen LogP contribution in [0.1, 0.15) is 23.0 Å². The van der Waals surface area contributed by atoms with Crippen molar-refractivity contribution >= 4 is 23.2 Å². The first-order chi connectivity index (χ1) is 10.1. The highest BCUT2D eigenvalue weighted by Gasteiger charge is 2.35. The first-order valence-corrected chi connectivity index (χ1v) is 7.73. The van der Waals surface area contributed by atoms with Crippen molar-refractivity contribution in [2.45, 2.75) is 11.8 Å². The van der Waals surface area contributed by atoms with Gasteiger partial charge in [0, 0.05) is 40.5 Å². The molecule has 0 amide bonds. The highest BCUT2D eigenvalue weighted by Crippen LogP contribution is 2.44. The third-order valence-corrected chi connectivity index (χ3v) is 4.78. The molecule has 2 atom stereocenters. The number of hydrogen-bond acceptors (Lipinski definition) is 2. The minimum absolute atomic E-state index is 0.189. The Balaban J connectivity index is 2.04. The van der Waals surface area contributed by atoms with E-state index in [0.717, 1.165) is 29.2 Å². The van der Waals surface area contributed by atoms with Crippen molar-refractivity contribution in [3.8, 4) is 5.75 Å². The zero-order valence-electron chi connectivity index (χ0n) is 11.8. The summed E-state index contributed by atoms with van der Waals surface area (Å²) in [4.78, 5) is 2.26. The first kappa shape index (κ1) is 14.7. The van der Waals surface area contributed by atoms with Crippen molar-refractivity contribution < 1.29 is 5.11 Å². The number of benzene rings is 2. The summed E-state index contributed by atoms with van der Waals surface area (Å²) < 4.78 is 0. The van der Waals surface area contributed by atoms with Crippen molar-refractivity contribution in [3.05, 3.63) is 63.6 Å². The largest absolute Gasteiger partial charge is 0.508 e. The molecule has 1 saturated heterocycles. The molecule has 1 aliphatic rings. The number of likely N-dealkylation sites (N-methyl/N-ethyl adjacent to an activating group) is 1. The fraction of sp³-hybridized carbons (Fsp3) is 0.294. The summed E-state index contributed by atoms with van der Waals surface area (Å²) in [5, 5.41) is 11.6. The Morgan fingerprint density at radius 3 is 2.38 bits per heavy atom. The molecule has 110 valence electrons. The van der Waals surface area contributed by atoms with E-state index in [2.05, 4.69) is 18.0 Å². The van der Waals surface area contributed by atoms with Gasteiger partial charge in [-0.3, -0.25) is 0 Å². The Kier molecular flexibility index (Phi) is 4.12. The van der Waals surface area contributed by atoms with Gasteiger partial charge in [-0.15, -0.1) is 0 Å². The summed E-state index contributed by atoms with van der Waals surface area (Å²) in [6, 6.07) is 13.2. The van der Waals surface area contributed by atoms with Gasteiger partial charge in [-0.2, -0.15) is 0 Å². The average Bonchev–Trinajstić information content (AvgIpc) is 2.83. The topological polar surface area (TPSA) is 23.5 Å². The van der Waals surface area contributed by atoms with Crippen LogP contribution in [-0.2, 0) is 0 Å². The molecule has 0 aromatic heterocycles. The molecule has 0 spiro atoms. The molecule has 4 heteroatoms. The van der Waals surface area contributed by atoms with Gasteiger partial charge >= 0.3 is 0 Å². The number of nitrogens with zero attached hydrogens (tertiary/aromatic N) is 1. The highest BCUT2D eigenvalue weighted by molar-refractivity contribution is 6.31. The highest BCUT2D eigenvalue weighted by atomic mass is 35.5. The summed E-state index contributed by atoms with van der Waals surface area (Å²) in [6.07, 6.45) is 0. The van der Waals surface area contributed by atoms with Crippen LogP contribution in [0.25, 0.3) is 0 Å². The second-order valence-electron chi connectivity index (χ2n) is 5.66. The van der Waals surface area contributed by atoms with E-state index in [4.69, 9.17) is 23.2 Å². The van der Waals surface area contributed by atoms with Crippen molar-refractivity contribution in [2.24, 2.45) is 0 Å². The molecule has 0 saturated carbocycles. The van der Waals surface area contributed by atoms with Crippen molar-refractivity contribution in [1.82, 2.24) is 4.90 Å². The molecule has 2 aromatic carbocycles. The average molecular weight is 322 g/mol. The number of likely N-dealkylation sites (tertiary alicyclic amines) is 1. The number of phenolic OH excluding ortho intramolecular Hbond substituents is 1. The molecular formula is C17H17Cl2NO. The SMILES string of the molecule is CN1CC(c2cc(Cl)ccc2O)C(c2ccccc2Cl)C1. The molecule has 2 unspecified atom stereocenters. The molecule has 1 aliphatic heterocycles. The van der Waals surface area contributed by atoms with Crippen LogP contribution < -0.4 is 0 Å². The fourth-order valence-electron chi connectivity index (χ4n) is 3.23. The van der Waals surface area contributed by atoms with Crippen LogP contribution in [0.5, 0.6) is 5.75 Å². The van der Waals surface area contributed by atoms with Gasteiger partial charge in [0.2, 0.25) is 0 Å². The number of aromatic hydroxyl groups is 1. The Morgan fingerprint density at radius 2 is 1.67 bits per heavy atom. The van der Waals surface area contributed by atoms with E-state index in [1.165, 1.54) is 0 Å². The lowest BCUT2D eigenvalue weighted by Crippen LogP contribution is -2.13. The zero-order chi connectivity index (χ0) is 15.0. The smallest absolute Gasteiger partial charge is 0.119 e. The monoisotopic (exact) mass is 321 g/mol. The lowest BCUT2D eigenvalue weighted by molar-refractivity contribution is 0.405. The normalized spacial score (nSPS) is 22.6. The molecule has 1 fully saturated rings. The Morgan fingerprint density at radius 1 is 1.00 bits per heavy atom. The van der Waals surface area contributed by atoms with E-state index in [9.17, 15) is 5.11 Å². The number of rotatable bonds is 2. The van der Waals surface area contributed by atoms with Crippen molar-refractivity contribution in [1.29, 1.82) is 0 Å². The predicted octanol–water partition coefficient (Wildman–Crippen LogP) is 4.51. The van der Waals surface area contributed by atoms with Crippen LogP contribution in [0, 0.1) is 0 Å². The third kappa shape index (κ3) is 2.89. The quantitative estimate of drug-likeness (QED) is 0.879. The molecule has 0 aliphatic carbocycles. The molecule has 2 aromatic rings. The van der Waals surface area contributed by atoms with Gasteiger partial charge in [-0.1, -0.05) is 41.4 Å². The molecule has 21 heavy (non-hydrogen) atoms. The lowest BCUT2D eigenvalue weighted by atomic mass is 9.83. The minimum atomic E-state index is 0.189. The fourth-order valence-corrected chi connectivity index (χ4v) is 3.69. The van der Waals surface area contributed by atoms with Gasteiger partial charge < -0.3 is 10.0 Å². The summed E-state index contributed by atoms with van der Waals surface area (Å²) in [5.41, 5.74) is 2.03. The summed E-state index contributed by atoms with van der Waals surface area (Å²) in [7, 11) is 2.09. The van der Waals surface area contributed by atoms with E-state index < -0.39 is 0 Å². The standard InChI is InChI=1S/C17H17Cl2NO/c1-20-9-14(12-4-2-3-5-16(12)19)15(10-20)13-8-11(18)6-7-17(13)21/h2-8,14-15,21H,9-10H2,1H3. The maximum absolute atomic E-state index is 10.2. The van der Waals surface area contributed by atoms with Crippen LogP contribution in [0.15, 0.2) is 42.5 Å². The van der Waals surface area contributed by atoms with E-state index in [1.54, 1.807) is 12.1 Å². The molecule has 2 nitrogen and oxygen atoms in total. The van der Waals surface area contributed by atoms with Crippen LogP contribution in [0.2, 0.25) is 10.0 Å². The van der Waals surface area contributed by atoms with Crippen LogP contribution in [0.4, 0.5) is 0 Å². The summed E-state index contributed by atoms with van der Waals surface area (Å²) in [6.45, 7) is 1.80. The molecule has 1 heterocycles. The third-order valence-electron chi connectivity index (χ3n) is 4.20. The number of hydrogen-bond donors (Lipinski definition) is 1. The number of phenols is 1. The molecular weight excluding hydrogens is 305 g/mol. The lowest BCUT2D eigenvalue weighted by Gasteiger charge is -2.21. The minimum Gasteiger partial charge on any atom is -0.508 e. The van der Waals surface area contributed by atoms with Gasteiger partial charge in [0.05, 0.1) is 0 Å². The summed E-state index contributed by atoms with van der Waals surface area (Å²) >= 11 is 12.5. The van der Waals surface area contributed by atoms with Gasteiger partial charge in [-0.25, -0.2) is 0 Å². The first-order valence-electron chi connectivity index (χ1n) is 6.97. The van der Waals surface area contributed by atoms with E-state index in [1.807, 2.05) is 24.3 Å². The van der Waals surface area contributed by atoms with Gasteiger partial charge in [-0.05, 0) is 36.9 Å². The van der Waals surface area contributed by atoms with Crippen LogP contribution in [-0.4, -0.2) is 30.1 Å². The maximum atomic E-state index is 10.2. The second-order valence-corrected chi connectivity index (χ2v) is 6.50. The van der Waals surface area contributed by atoms with Crippen molar-refractivity contribution in [3.63, 3.8) is 0 Å². The molecule has 0 bridgehead atoms. The van der Waals surface area contributed by atoms with Crippen LogP contribution in [0.3, 0.4) is 0 Å². The van der Waals surface area contributed by atoms with Crippen molar-refractivity contribution in [2.75, 3.05) is 20.1 Å². The molecule has 0 radical (unpaired) electrons. The Bertz CT molecular complexity index is 659. The second kappa shape index (κ2) is 5.88. The zero-order valence-corrected chi connectivity index (χ0v) is 13.3. The van der Waals surface area contributed by atoms with Crippen LogP contribution >= 0.6 is 23.2 Å². The van der Waals surface area contributed by atoms with Gasteiger partial charge in [0.25, 0.3) is 0 Å². The number of halogens is 2. The van der Waals surface area contributed by atoms with Gasteiger partial charge in [0.1, 0.15) is 5.75 Å². The van der Waals surface area contributed by atoms with E-state index in [0.29, 0.717) is 10.8 Å². The molecule has 1 N–H and O–H groups in total. The predicted molar refractivity (Wildman–Crippen MR) is 87.5 cm³/mol. The Labute approximate surface area is 134 Å². The van der Waals surface area contributed by atoms with E-state index in [-0.39, 0.29) is 11.8 Å². The Hall–Kier alpha value is -1.22. The maximum Gasteiger partial charge on any atom is 0.119 e. The van der Waals surface area contributed by atoms with E-state index >= 15 is 0 Å². The molecule has 3 rings (SSSR count). The summed E-state index contributed by atoms with van der Waals surface area (Å²) in [5.74, 6) is 0.749. The van der Waals surface area contributed by atoms with Gasteiger partial charge in [0.15, 0.2) is 0 Å².